The molecule has 2 aliphatic rings. The lowest BCUT2D eigenvalue weighted by molar-refractivity contribution is -0.0589. The van der Waals surface area contributed by atoms with Crippen LogP contribution in [-0.2, 0) is 4.74 Å². The van der Waals surface area contributed by atoms with Gasteiger partial charge in [-0.25, -0.2) is 4.79 Å². The van der Waals surface area contributed by atoms with Gasteiger partial charge in [-0.2, -0.15) is 0 Å². The maximum absolute atomic E-state index is 11.9. The van der Waals surface area contributed by atoms with Crippen LogP contribution in [0.5, 0.6) is 0 Å². The highest BCUT2D eigenvalue weighted by atomic mass is 16.5. The smallest absolute Gasteiger partial charge is 0.338 e. The molecular formula is C17H22O3. The number of hydrogen-bond donors (Lipinski definition) is 1. The second-order valence-electron chi connectivity index (χ2n) is 6.50. The van der Waals surface area contributed by atoms with E-state index in [1.54, 1.807) is 12.1 Å². The van der Waals surface area contributed by atoms with Crippen LogP contribution in [0.4, 0.5) is 0 Å². The van der Waals surface area contributed by atoms with Crippen molar-refractivity contribution in [1.29, 1.82) is 0 Å². The number of carbonyl (C=O) groups is 1. The Kier molecular flexibility index (Phi) is 3.33. The Hall–Kier alpha value is -1.35. The Labute approximate surface area is 120 Å². The zero-order valence-corrected chi connectivity index (χ0v) is 12.0. The van der Waals surface area contributed by atoms with Crippen molar-refractivity contribution in [2.24, 2.45) is 11.3 Å². The van der Waals surface area contributed by atoms with Gasteiger partial charge >= 0.3 is 5.97 Å². The van der Waals surface area contributed by atoms with Crippen molar-refractivity contribution in [1.82, 2.24) is 0 Å². The summed E-state index contributed by atoms with van der Waals surface area (Å²) in [5.41, 5.74) is 0.00898. The number of benzene rings is 1. The first-order valence-electron chi connectivity index (χ1n) is 7.50. The molecule has 3 atom stereocenters. The van der Waals surface area contributed by atoms with E-state index in [1.807, 2.05) is 25.1 Å². The van der Waals surface area contributed by atoms with Gasteiger partial charge in [-0.3, -0.25) is 0 Å². The third-order valence-corrected chi connectivity index (χ3v) is 5.27. The molecule has 20 heavy (non-hydrogen) atoms. The zero-order valence-electron chi connectivity index (χ0n) is 12.0. The van der Waals surface area contributed by atoms with Crippen molar-refractivity contribution in [2.75, 3.05) is 6.61 Å². The fourth-order valence-corrected chi connectivity index (χ4v) is 3.83. The molecule has 2 aliphatic carbocycles. The van der Waals surface area contributed by atoms with Crippen molar-refractivity contribution in [2.45, 2.75) is 44.6 Å². The van der Waals surface area contributed by atoms with Gasteiger partial charge in [0, 0.05) is 11.3 Å². The van der Waals surface area contributed by atoms with E-state index in [0.29, 0.717) is 18.1 Å². The Balaban J connectivity index is 1.57. The summed E-state index contributed by atoms with van der Waals surface area (Å²) in [4.78, 5) is 11.9. The Morgan fingerprint density at radius 2 is 2.00 bits per heavy atom. The fourth-order valence-electron chi connectivity index (χ4n) is 3.83. The number of hydrogen-bond acceptors (Lipinski definition) is 3. The summed E-state index contributed by atoms with van der Waals surface area (Å²) >= 11 is 0. The van der Waals surface area contributed by atoms with Crippen LogP contribution in [0.1, 0.15) is 49.4 Å². The third-order valence-electron chi connectivity index (χ3n) is 5.27. The van der Waals surface area contributed by atoms with E-state index in [2.05, 4.69) is 0 Å². The summed E-state index contributed by atoms with van der Waals surface area (Å²) in [6, 6.07) is 9.08. The Morgan fingerprint density at radius 3 is 2.70 bits per heavy atom. The van der Waals surface area contributed by atoms with Crippen LogP contribution in [0.25, 0.3) is 0 Å². The van der Waals surface area contributed by atoms with Crippen LogP contribution in [0, 0.1) is 11.3 Å². The molecular weight excluding hydrogens is 252 g/mol. The standard InChI is InChI=1S/C17H22O3/c1-16(19)9-5-6-10-17(16)11-14(17)12-20-15(18)13-7-3-2-4-8-13/h2-4,7-8,14,19H,5-6,9-12H2,1H3/t14-,16?,17+/m0/s1. The molecule has 1 N–H and O–H groups in total. The molecule has 1 spiro atoms. The van der Waals surface area contributed by atoms with Gasteiger partial charge in [0.05, 0.1) is 17.8 Å². The second kappa shape index (κ2) is 4.88. The summed E-state index contributed by atoms with van der Waals surface area (Å²) in [6.07, 6.45) is 5.20. The van der Waals surface area contributed by atoms with Crippen LogP contribution in [0.3, 0.4) is 0 Å². The summed E-state index contributed by atoms with van der Waals surface area (Å²) in [7, 11) is 0. The van der Waals surface area contributed by atoms with Gasteiger partial charge in [0.25, 0.3) is 0 Å². The third kappa shape index (κ3) is 2.24. The average Bonchev–Trinajstić information content (AvgIpc) is 3.16. The molecule has 108 valence electrons. The van der Waals surface area contributed by atoms with Gasteiger partial charge in [0.2, 0.25) is 0 Å². The summed E-state index contributed by atoms with van der Waals surface area (Å²) in [6.45, 7) is 2.38. The molecule has 0 saturated heterocycles. The quantitative estimate of drug-likeness (QED) is 0.861. The molecule has 1 aromatic carbocycles. The molecule has 0 amide bonds. The Morgan fingerprint density at radius 1 is 1.30 bits per heavy atom. The van der Waals surface area contributed by atoms with E-state index in [9.17, 15) is 9.90 Å². The van der Waals surface area contributed by atoms with Gasteiger partial charge < -0.3 is 9.84 Å². The molecule has 2 saturated carbocycles. The second-order valence-corrected chi connectivity index (χ2v) is 6.50. The number of aliphatic hydroxyl groups is 1. The lowest BCUT2D eigenvalue weighted by Gasteiger charge is -2.38. The molecule has 0 bridgehead atoms. The maximum atomic E-state index is 11.9. The van der Waals surface area contributed by atoms with Crippen LogP contribution < -0.4 is 0 Å². The molecule has 0 aromatic heterocycles. The lowest BCUT2D eigenvalue weighted by Crippen LogP contribution is -2.41. The van der Waals surface area contributed by atoms with Gasteiger partial charge in [-0.15, -0.1) is 0 Å². The number of rotatable bonds is 3. The molecule has 0 aliphatic heterocycles. The maximum Gasteiger partial charge on any atom is 0.338 e. The number of ether oxygens (including phenoxy) is 1. The van der Waals surface area contributed by atoms with Gasteiger partial charge in [0.15, 0.2) is 0 Å². The van der Waals surface area contributed by atoms with E-state index >= 15 is 0 Å². The fraction of sp³-hybridized carbons (Fsp3) is 0.588. The molecule has 1 aromatic rings. The minimum Gasteiger partial charge on any atom is -0.462 e. The minimum absolute atomic E-state index is 0.00220. The molecule has 3 nitrogen and oxygen atoms in total. The highest BCUT2D eigenvalue weighted by Crippen LogP contribution is 2.65. The van der Waals surface area contributed by atoms with Crippen LogP contribution in [-0.4, -0.2) is 23.3 Å². The van der Waals surface area contributed by atoms with Crippen molar-refractivity contribution in [3.63, 3.8) is 0 Å². The van der Waals surface area contributed by atoms with Crippen molar-refractivity contribution >= 4 is 5.97 Å². The van der Waals surface area contributed by atoms with E-state index in [1.165, 1.54) is 6.42 Å². The summed E-state index contributed by atoms with van der Waals surface area (Å²) in [5.74, 6) is 0.0635. The van der Waals surface area contributed by atoms with Gasteiger partial charge in [0.1, 0.15) is 0 Å². The predicted octanol–water partition coefficient (Wildman–Crippen LogP) is 3.17. The van der Waals surface area contributed by atoms with E-state index < -0.39 is 5.60 Å². The van der Waals surface area contributed by atoms with Crippen LogP contribution in [0.2, 0.25) is 0 Å². The van der Waals surface area contributed by atoms with Gasteiger partial charge in [-0.05, 0) is 38.3 Å². The summed E-state index contributed by atoms with van der Waals surface area (Å²) in [5, 5.41) is 10.6. The zero-order chi connectivity index (χ0) is 14.2. The van der Waals surface area contributed by atoms with E-state index in [0.717, 1.165) is 25.7 Å². The monoisotopic (exact) mass is 274 g/mol. The SMILES string of the molecule is CC1(O)CCCC[C@]12C[C@H]2COC(=O)c1ccccc1. The summed E-state index contributed by atoms with van der Waals surface area (Å²) < 4.78 is 5.42. The van der Waals surface area contributed by atoms with Crippen molar-refractivity contribution in [3.05, 3.63) is 35.9 Å². The first-order chi connectivity index (χ1) is 9.55. The van der Waals surface area contributed by atoms with Crippen LogP contribution >= 0.6 is 0 Å². The van der Waals surface area contributed by atoms with E-state index in [4.69, 9.17) is 4.74 Å². The lowest BCUT2D eigenvalue weighted by atomic mass is 9.72. The highest BCUT2D eigenvalue weighted by Gasteiger charge is 2.64. The largest absolute Gasteiger partial charge is 0.462 e. The molecule has 3 heteroatoms. The van der Waals surface area contributed by atoms with Crippen LogP contribution in [0.15, 0.2) is 30.3 Å². The molecule has 0 heterocycles. The molecule has 3 rings (SSSR count). The van der Waals surface area contributed by atoms with Crippen molar-refractivity contribution < 1.29 is 14.6 Å². The number of esters is 1. The van der Waals surface area contributed by atoms with E-state index in [-0.39, 0.29) is 11.4 Å². The molecule has 0 radical (unpaired) electrons. The number of carbonyl (C=O) groups excluding carboxylic acids is 1. The molecule has 2 fully saturated rings. The Bertz CT molecular complexity index is 494. The minimum atomic E-state index is -0.588. The molecule has 1 unspecified atom stereocenters. The average molecular weight is 274 g/mol. The first-order valence-corrected chi connectivity index (χ1v) is 7.50. The predicted molar refractivity (Wildman–Crippen MR) is 76.4 cm³/mol. The topological polar surface area (TPSA) is 46.5 Å². The van der Waals surface area contributed by atoms with Crippen molar-refractivity contribution in [3.8, 4) is 0 Å². The first kappa shape index (κ1) is 13.6. The highest BCUT2D eigenvalue weighted by molar-refractivity contribution is 5.89. The van der Waals surface area contributed by atoms with Gasteiger partial charge in [-0.1, -0.05) is 31.0 Å². The normalized spacial score (nSPS) is 35.8.